The van der Waals surface area contributed by atoms with Crippen LogP contribution in [-0.2, 0) is 0 Å². The molecule has 2 heterocycles. The van der Waals surface area contributed by atoms with Gasteiger partial charge in [-0.2, -0.15) is 5.10 Å². The second kappa shape index (κ2) is 6.26. The van der Waals surface area contributed by atoms with E-state index in [1.54, 1.807) is 12.1 Å². The summed E-state index contributed by atoms with van der Waals surface area (Å²) >= 11 is 0. The van der Waals surface area contributed by atoms with E-state index in [-0.39, 0.29) is 5.82 Å². The molecule has 1 aromatic heterocycles. The van der Waals surface area contributed by atoms with E-state index >= 15 is 0 Å². The first-order valence-corrected chi connectivity index (χ1v) is 7.33. The molecule has 0 amide bonds. The second-order valence-corrected chi connectivity index (χ2v) is 5.56. The lowest BCUT2D eigenvalue weighted by atomic mass is 10.0. The standard InChI is InChI=1S/C16H20FN3O/c1-12-10-18-19-16(12)13-6-7-20(11-13)8-9-21-15-4-2-14(17)3-5-15/h2-5,10,13H,6-9,11H2,1H3,(H,18,19)/t13-/m1/s1. The van der Waals surface area contributed by atoms with Crippen LogP contribution in [0.2, 0.25) is 0 Å². The van der Waals surface area contributed by atoms with Gasteiger partial charge in [-0.15, -0.1) is 0 Å². The molecular formula is C16H20FN3O. The Labute approximate surface area is 123 Å². The minimum Gasteiger partial charge on any atom is -0.492 e. The molecule has 3 rings (SSSR count). The van der Waals surface area contributed by atoms with Gasteiger partial charge in [0, 0.05) is 24.7 Å². The van der Waals surface area contributed by atoms with Crippen LogP contribution in [0.5, 0.6) is 5.75 Å². The lowest BCUT2D eigenvalue weighted by Gasteiger charge is -2.16. The molecule has 1 fully saturated rings. The number of halogens is 1. The van der Waals surface area contributed by atoms with E-state index in [0.717, 1.165) is 31.8 Å². The molecule has 1 N–H and O–H groups in total. The fraction of sp³-hybridized carbons (Fsp3) is 0.438. The number of hydrogen-bond acceptors (Lipinski definition) is 3. The number of aromatic amines is 1. The lowest BCUT2D eigenvalue weighted by Crippen LogP contribution is -2.26. The first-order chi connectivity index (χ1) is 10.2. The van der Waals surface area contributed by atoms with Crippen LogP contribution in [0.15, 0.2) is 30.5 Å². The number of hydrogen-bond donors (Lipinski definition) is 1. The van der Waals surface area contributed by atoms with Crippen molar-refractivity contribution in [2.24, 2.45) is 0 Å². The van der Waals surface area contributed by atoms with Crippen LogP contribution in [0, 0.1) is 12.7 Å². The summed E-state index contributed by atoms with van der Waals surface area (Å²) in [5, 5.41) is 7.21. The molecular weight excluding hydrogens is 269 g/mol. The Balaban J connectivity index is 1.45. The summed E-state index contributed by atoms with van der Waals surface area (Å²) in [5.74, 6) is 1.02. The van der Waals surface area contributed by atoms with Crippen LogP contribution < -0.4 is 4.74 Å². The molecule has 1 aromatic carbocycles. The van der Waals surface area contributed by atoms with E-state index in [1.807, 2.05) is 6.20 Å². The van der Waals surface area contributed by atoms with Crippen molar-refractivity contribution in [3.8, 4) is 5.75 Å². The Morgan fingerprint density at radius 3 is 2.90 bits per heavy atom. The van der Waals surface area contributed by atoms with Crippen LogP contribution in [0.4, 0.5) is 4.39 Å². The van der Waals surface area contributed by atoms with Gasteiger partial charge in [-0.25, -0.2) is 4.39 Å². The zero-order valence-electron chi connectivity index (χ0n) is 12.2. The fourth-order valence-corrected chi connectivity index (χ4v) is 2.86. The van der Waals surface area contributed by atoms with Crippen molar-refractivity contribution in [3.05, 3.63) is 47.5 Å². The van der Waals surface area contributed by atoms with Crippen molar-refractivity contribution >= 4 is 0 Å². The molecule has 1 aliphatic heterocycles. The number of likely N-dealkylation sites (tertiary alicyclic amines) is 1. The molecule has 4 nitrogen and oxygen atoms in total. The number of nitrogens with zero attached hydrogens (tertiary/aromatic N) is 2. The maximum absolute atomic E-state index is 12.8. The van der Waals surface area contributed by atoms with Gasteiger partial charge < -0.3 is 4.74 Å². The highest BCUT2D eigenvalue weighted by Crippen LogP contribution is 2.27. The Hall–Kier alpha value is -1.88. The maximum Gasteiger partial charge on any atom is 0.123 e. The molecule has 5 heteroatoms. The summed E-state index contributed by atoms with van der Waals surface area (Å²) in [6.45, 7) is 5.73. The van der Waals surface area contributed by atoms with Crippen LogP contribution in [0.25, 0.3) is 0 Å². The first kappa shape index (κ1) is 14.1. The highest BCUT2D eigenvalue weighted by molar-refractivity contribution is 5.22. The van der Waals surface area contributed by atoms with E-state index < -0.39 is 0 Å². The second-order valence-electron chi connectivity index (χ2n) is 5.56. The largest absolute Gasteiger partial charge is 0.492 e. The van der Waals surface area contributed by atoms with E-state index in [4.69, 9.17) is 4.74 Å². The van der Waals surface area contributed by atoms with E-state index in [0.29, 0.717) is 12.5 Å². The monoisotopic (exact) mass is 289 g/mol. The van der Waals surface area contributed by atoms with E-state index in [9.17, 15) is 4.39 Å². The number of ether oxygens (including phenoxy) is 1. The third kappa shape index (κ3) is 3.42. The quantitative estimate of drug-likeness (QED) is 0.920. The van der Waals surface area contributed by atoms with Crippen LogP contribution in [0.3, 0.4) is 0 Å². The normalized spacial score (nSPS) is 19.0. The van der Waals surface area contributed by atoms with Crippen molar-refractivity contribution in [2.45, 2.75) is 19.3 Å². The zero-order chi connectivity index (χ0) is 14.7. The molecule has 0 radical (unpaired) electrons. The molecule has 1 aliphatic rings. The minimum atomic E-state index is -0.236. The molecule has 0 aliphatic carbocycles. The molecule has 1 atom stereocenters. The summed E-state index contributed by atoms with van der Waals surface area (Å²) < 4.78 is 18.4. The molecule has 2 aromatic rings. The van der Waals surface area contributed by atoms with Crippen molar-refractivity contribution < 1.29 is 9.13 Å². The van der Waals surface area contributed by atoms with Crippen LogP contribution >= 0.6 is 0 Å². The predicted octanol–water partition coefficient (Wildman–Crippen LogP) is 2.73. The highest BCUT2D eigenvalue weighted by atomic mass is 19.1. The summed E-state index contributed by atoms with van der Waals surface area (Å²) in [6, 6.07) is 6.16. The van der Waals surface area contributed by atoms with Gasteiger partial charge >= 0.3 is 0 Å². The summed E-state index contributed by atoms with van der Waals surface area (Å²) in [5.41, 5.74) is 2.50. The molecule has 0 saturated carbocycles. The van der Waals surface area contributed by atoms with Gasteiger partial charge in [0.1, 0.15) is 18.2 Å². The Kier molecular flexibility index (Phi) is 4.20. The number of rotatable bonds is 5. The fourth-order valence-electron chi connectivity index (χ4n) is 2.86. The molecule has 0 unspecified atom stereocenters. The summed E-state index contributed by atoms with van der Waals surface area (Å²) in [6.07, 6.45) is 3.04. The lowest BCUT2D eigenvalue weighted by molar-refractivity contribution is 0.236. The Morgan fingerprint density at radius 1 is 1.38 bits per heavy atom. The van der Waals surface area contributed by atoms with Gasteiger partial charge in [0.2, 0.25) is 0 Å². The predicted molar refractivity (Wildman–Crippen MR) is 79.0 cm³/mol. The SMILES string of the molecule is Cc1cn[nH]c1[C@@H]1CCN(CCOc2ccc(F)cc2)C1. The third-order valence-electron chi connectivity index (χ3n) is 4.04. The average Bonchev–Trinajstić information content (AvgIpc) is 3.10. The Bertz CT molecular complexity index is 581. The van der Waals surface area contributed by atoms with Gasteiger partial charge in [-0.05, 0) is 49.7 Å². The molecule has 21 heavy (non-hydrogen) atoms. The number of benzene rings is 1. The molecule has 0 bridgehead atoms. The van der Waals surface area contributed by atoms with E-state index in [1.165, 1.54) is 23.4 Å². The third-order valence-corrected chi connectivity index (χ3v) is 4.04. The van der Waals surface area contributed by atoms with Crippen molar-refractivity contribution in [1.29, 1.82) is 0 Å². The van der Waals surface area contributed by atoms with Gasteiger partial charge in [0.25, 0.3) is 0 Å². The number of nitrogens with one attached hydrogen (secondary N) is 1. The summed E-state index contributed by atoms with van der Waals surface area (Å²) in [7, 11) is 0. The highest BCUT2D eigenvalue weighted by Gasteiger charge is 2.25. The zero-order valence-corrected chi connectivity index (χ0v) is 12.2. The number of aromatic nitrogens is 2. The first-order valence-electron chi connectivity index (χ1n) is 7.33. The van der Waals surface area contributed by atoms with Crippen molar-refractivity contribution in [1.82, 2.24) is 15.1 Å². The topological polar surface area (TPSA) is 41.2 Å². The number of aryl methyl sites for hydroxylation is 1. The smallest absolute Gasteiger partial charge is 0.123 e. The molecule has 0 spiro atoms. The maximum atomic E-state index is 12.8. The van der Waals surface area contributed by atoms with Crippen LogP contribution in [-0.4, -0.2) is 41.3 Å². The van der Waals surface area contributed by atoms with Gasteiger partial charge in [0.05, 0.1) is 6.20 Å². The van der Waals surface area contributed by atoms with Crippen molar-refractivity contribution in [3.63, 3.8) is 0 Å². The Morgan fingerprint density at radius 2 is 2.19 bits per heavy atom. The van der Waals surface area contributed by atoms with Crippen molar-refractivity contribution in [2.75, 3.05) is 26.2 Å². The average molecular weight is 289 g/mol. The van der Waals surface area contributed by atoms with Crippen LogP contribution in [0.1, 0.15) is 23.6 Å². The van der Waals surface area contributed by atoms with Gasteiger partial charge in [-0.1, -0.05) is 0 Å². The molecule has 112 valence electrons. The summed E-state index contributed by atoms with van der Waals surface area (Å²) in [4.78, 5) is 2.40. The van der Waals surface area contributed by atoms with E-state index in [2.05, 4.69) is 22.0 Å². The van der Waals surface area contributed by atoms with Gasteiger partial charge in [-0.3, -0.25) is 10.00 Å². The molecule has 1 saturated heterocycles. The number of H-pyrrole nitrogens is 1. The van der Waals surface area contributed by atoms with Gasteiger partial charge in [0.15, 0.2) is 0 Å². The minimum absolute atomic E-state index is 0.236.